The molecular weight excluding hydrogens is 232 g/mol. The zero-order chi connectivity index (χ0) is 13.5. The fourth-order valence-corrected chi connectivity index (χ4v) is 3.07. The summed E-state index contributed by atoms with van der Waals surface area (Å²) in [6.45, 7) is 4.69. The monoisotopic (exact) mass is 260 g/mol. The van der Waals surface area contributed by atoms with Crippen molar-refractivity contribution in [3.05, 3.63) is 35.9 Å². The number of nitrogens with zero attached hydrogens (tertiary/aromatic N) is 1. The highest BCUT2D eigenvalue weighted by atomic mass is 15.2. The van der Waals surface area contributed by atoms with Crippen LogP contribution in [-0.2, 0) is 6.42 Å². The van der Waals surface area contributed by atoms with Crippen molar-refractivity contribution in [1.29, 1.82) is 0 Å². The maximum atomic E-state index is 3.65. The quantitative estimate of drug-likeness (QED) is 0.845. The molecule has 1 aliphatic heterocycles. The van der Waals surface area contributed by atoms with Crippen molar-refractivity contribution < 1.29 is 0 Å². The van der Waals surface area contributed by atoms with Gasteiger partial charge in [0.25, 0.3) is 0 Å². The van der Waals surface area contributed by atoms with E-state index in [0.717, 1.165) is 0 Å². The number of piperidine rings is 1. The molecule has 0 amide bonds. The Balaban J connectivity index is 1.85. The summed E-state index contributed by atoms with van der Waals surface area (Å²) < 4.78 is 0. The highest BCUT2D eigenvalue weighted by molar-refractivity contribution is 5.15. The van der Waals surface area contributed by atoms with Crippen molar-refractivity contribution in [2.24, 2.45) is 0 Å². The third-order valence-electron chi connectivity index (χ3n) is 4.33. The smallest absolute Gasteiger partial charge is 0.0195 e. The van der Waals surface area contributed by atoms with E-state index in [2.05, 4.69) is 54.5 Å². The highest BCUT2D eigenvalue weighted by Crippen LogP contribution is 2.14. The molecular formula is C17H28N2. The molecule has 106 valence electrons. The van der Waals surface area contributed by atoms with Gasteiger partial charge in [0, 0.05) is 18.6 Å². The number of nitrogens with one attached hydrogen (secondary N) is 1. The van der Waals surface area contributed by atoms with Crippen molar-refractivity contribution >= 4 is 0 Å². The van der Waals surface area contributed by atoms with Crippen LogP contribution < -0.4 is 5.32 Å². The lowest BCUT2D eigenvalue weighted by atomic mass is 10.0. The zero-order valence-corrected chi connectivity index (χ0v) is 12.4. The molecule has 1 aromatic rings. The number of rotatable bonds is 6. The van der Waals surface area contributed by atoms with Gasteiger partial charge in [0.1, 0.15) is 0 Å². The van der Waals surface area contributed by atoms with Gasteiger partial charge in [-0.25, -0.2) is 0 Å². The van der Waals surface area contributed by atoms with E-state index in [1.165, 1.54) is 50.8 Å². The largest absolute Gasteiger partial charge is 0.313 e. The lowest BCUT2D eigenvalue weighted by Gasteiger charge is -2.33. The van der Waals surface area contributed by atoms with Gasteiger partial charge in [-0.05, 0) is 44.8 Å². The molecule has 0 aromatic heterocycles. The van der Waals surface area contributed by atoms with E-state index < -0.39 is 0 Å². The van der Waals surface area contributed by atoms with Gasteiger partial charge in [0.05, 0.1) is 0 Å². The predicted molar refractivity (Wildman–Crippen MR) is 82.5 cm³/mol. The number of hydrogen-bond donors (Lipinski definition) is 1. The Kier molecular flexibility index (Phi) is 5.87. The van der Waals surface area contributed by atoms with Gasteiger partial charge >= 0.3 is 0 Å². The molecule has 1 aliphatic rings. The van der Waals surface area contributed by atoms with Crippen molar-refractivity contribution in [1.82, 2.24) is 10.2 Å². The molecule has 1 N–H and O–H groups in total. The maximum absolute atomic E-state index is 3.65. The zero-order valence-electron chi connectivity index (χ0n) is 12.4. The second-order valence-electron chi connectivity index (χ2n) is 5.84. The highest BCUT2D eigenvalue weighted by Gasteiger charge is 2.19. The Morgan fingerprint density at radius 3 is 2.68 bits per heavy atom. The molecule has 1 fully saturated rings. The number of likely N-dealkylation sites (N-methyl/N-ethyl adjacent to an activating group) is 1. The van der Waals surface area contributed by atoms with Crippen molar-refractivity contribution in [3.8, 4) is 0 Å². The third kappa shape index (κ3) is 4.63. The van der Waals surface area contributed by atoms with Crippen LogP contribution in [0, 0.1) is 0 Å². The van der Waals surface area contributed by atoms with Crippen LogP contribution in [0.15, 0.2) is 30.3 Å². The molecule has 1 saturated heterocycles. The average molecular weight is 260 g/mol. The van der Waals surface area contributed by atoms with E-state index in [4.69, 9.17) is 0 Å². The topological polar surface area (TPSA) is 15.3 Å². The summed E-state index contributed by atoms with van der Waals surface area (Å²) in [7, 11) is 2.29. The standard InChI is InChI=1S/C17H28N2/c1-3-17(13-15-9-5-4-6-10-15)19(2)14-16-11-7-8-12-18-16/h4-6,9-10,16-18H,3,7-8,11-14H2,1-2H3. The van der Waals surface area contributed by atoms with Gasteiger partial charge < -0.3 is 10.2 Å². The van der Waals surface area contributed by atoms with E-state index in [0.29, 0.717) is 12.1 Å². The van der Waals surface area contributed by atoms with Gasteiger partial charge in [-0.1, -0.05) is 43.7 Å². The first-order chi connectivity index (χ1) is 9.29. The van der Waals surface area contributed by atoms with E-state index in [1.54, 1.807) is 0 Å². The Hall–Kier alpha value is -0.860. The van der Waals surface area contributed by atoms with Gasteiger partial charge in [0.15, 0.2) is 0 Å². The van der Waals surface area contributed by atoms with Crippen LogP contribution in [0.4, 0.5) is 0 Å². The Labute approximate surface area is 118 Å². The van der Waals surface area contributed by atoms with E-state index in [-0.39, 0.29) is 0 Å². The Morgan fingerprint density at radius 2 is 2.05 bits per heavy atom. The number of hydrogen-bond acceptors (Lipinski definition) is 2. The number of benzene rings is 1. The maximum Gasteiger partial charge on any atom is 0.0195 e. The minimum Gasteiger partial charge on any atom is -0.313 e. The molecule has 1 aromatic carbocycles. The molecule has 2 unspecified atom stereocenters. The van der Waals surface area contributed by atoms with Crippen LogP contribution >= 0.6 is 0 Å². The summed E-state index contributed by atoms with van der Waals surface area (Å²) in [5, 5.41) is 3.65. The van der Waals surface area contributed by atoms with Crippen molar-refractivity contribution in [2.75, 3.05) is 20.1 Å². The Bertz CT molecular complexity index is 344. The fourth-order valence-electron chi connectivity index (χ4n) is 3.07. The molecule has 0 bridgehead atoms. The summed E-state index contributed by atoms with van der Waals surface area (Å²) in [6.07, 6.45) is 6.47. The van der Waals surface area contributed by atoms with Crippen LogP contribution in [0.2, 0.25) is 0 Å². The minimum absolute atomic E-state index is 0.658. The SMILES string of the molecule is CCC(Cc1ccccc1)N(C)CC1CCCCN1. The second kappa shape index (κ2) is 7.66. The van der Waals surface area contributed by atoms with E-state index >= 15 is 0 Å². The summed E-state index contributed by atoms with van der Waals surface area (Å²) in [6, 6.07) is 12.2. The van der Waals surface area contributed by atoms with E-state index in [9.17, 15) is 0 Å². The normalized spacial score (nSPS) is 21.5. The molecule has 0 aliphatic carbocycles. The fraction of sp³-hybridized carbons (Fsp3) is 0.647. The average Bonchev–Trinajstić information content (AvgIpc) is 2.47. The van der Waals surface area contributed by atoms with Crippen LogP contribution in [-0.4, -0.2) is 37.1 Å². The third-order valence-corrected chi connectivity index (χ3v) is 4.33. The first-order valence-corrected chi connectivity index (χ1v) is 7.77. The lowest BCUT2D eigenvalue weighted by Crippen LogP contribution is -2.46. The second-order valence-corrected chi connectivity index (χ2v) is 5.84. The molecule has 2 atom stereocenters. The van der Waals surface area contributed by atoms with Gasteiger partial charge in [-0.2, -0.15) is 0 Å². The van der Waals surface area contributed by atoms with E-state index in [1.807, 2.05) is 0 Å². The van der Waals surface area contributed by atoms with Crippen molar-refractivity contribution in [2.45, 2.75) is 51.1 Å². The molecule has 2 nitrogen and oxygen atoms in total. The van der Waals surface area contributed by atoms with Crippen LogP contribution in [0.5, 0.6) is 0 Å². The molecule has 0 saturated carbocycles. The van der Waals surface area contributed by atoms with Gasteiger partial charge in [-0.15, -0.1) is 0 Å². The molecule has 1 heterocycles. The van der Waals surface area contributed by atoms with Gasteiger partial charge in [-0.3, -0.25) is 0 Å². The minimum atomic E-state index is 0.658. The van der Waals surface area contributed by atoms with Gasteiger partial charge in [0.2, 0.25) is 0 Å². The van der Waals surface area contributed by atoms with Crippen LogP contribution in [0.1, 0.15) is 38.2 Å². The lowest BCUT2D eigenvalue weighted by molar-refractivity contribution is 0.196. The summed E-state index contributed by atoms with van der Waals surface area (Å²) >= 11 is 0. The molecule has 2 heteroatoms. The molecule has 0 spiro atoms. The predicted octanol–water partition coefficient (Wildman–Crippen LogP) is 3.08. The molecule has 19 heavy (non-hydrogen) atoms. The molecule has 0 radical (unpaired) electrons. The van der Waals surface area contributed by atoms with Crippen molar-refractivity contribution in [3.63, 3.8) is 0 Å². The Morgan fingerprint density at radius 1 is 1.26 bits per heavy atom. The summed E-state index contributed by atoms with van der Waals surface area (Å²) in [5.74, 6) is 0. The van der Waals surface area contributed by atoms with Crippen LogP contribution in [0.3, 0.4) is 0 Å². The van der Waals surface area contributed by atoms with Crippen LogP contribution in [0.25, 0.3) is 0 Å². The first-order valence-electron chi connectivity index (χ1n) is 7.77. The summed E-state index contributed by atoms with van der Waals surface area (Å²) in [5.41, 5.74) is 1.46. The summed E-state index contributed by atoms with van der Waals surface area (Å²) in [4.78, 5) is 2.55. The molecule has 2 rings (SSSR count). The first kappa shape index (κ1) is 14.5.